The van der Waals surface area contributed by atoms with E-state index in [4.69, 9.17) is 0 Å². The van der Waals surface area contributed by atoms with E-state index in [0.717, 1.165) is 19.4 Å². The molecule has 0 saturated carbocycles. The zero-order chi connectivity index (χ0) is 15.1. The fourth-order valence-electron chi connectivity index (χ4n) is 1.75. The van der Waals surface area contributed by atoms with Crippen molar-refractivity contribution in [2.24, 2.45) is 5.92 Å². The van der Waals surface area contributed by atoms with Crippen LogP contribution in [0.5, 0.6) is 0 Å². The van der Waals surface area contributed by atoms with Crippen LogP contribution in [0.1, 0.15) is 33.6 Å². The molecule has 20 heavy (non-hydrogen) atoms. The van der Waals surface area contributed by atoms with Gasteiger partial charge in [0.25, 0.3) is 0 Å². The number of rotatable bonds is 8. The van der Waals surface area contributed by atoms with Crippen LogP contribution in [0.4, 0.5) is 17.3 Å². The maximum absolute atomic E-state index is 11.3. The quantitative estimate of drug-likeness (QED) is 0.582. The monoisotopic (exact) mass is 281 g/mol. The number of hydrogen-bond donors (Lipinski definition) is 1. The van der Waals surface area contributed by atoms with E-state index in [9.17, 15) is 10.1 Å². The van der Waals surface area contributed by atoms with E-state index >= 15 is 0 Å². The molecular weight excluding hydrogens is 258 g/mol. The molecular formula is C13H23N5O2. The Labute approximate surface area is 119 Å². The first-order valence-corrected chi connectivity index (χ1v) is 6.91. The van der Waals surface area contributed by atoms with Crippen molar-refractivity contribution in [2.45, 2.75) is 33.6 Å². The van der Waals surface area contributed by atoms with Crippen LogP contribution in [0.15, 0.2) is 6.33 Å². The molecule has 0 aliphatic heterocycles. The fourth-order valence-corrected chi connectivity index (χ4v) is 1.75. The Bertz CT molecular complexity index is 450. The standard InChI is InChI=1S/C13H23N5O2/c1-5-7-14-12-11(18(19)20)13(16-9-15-12)17(4)8-6-10(2)3/h9-10H,5-8H2,1-4H3,(H,14,15,16). The second kappa shape index (κ2) is 7.62. The first-order chi connectivity index (χ1) is 9.47. The highest BCUT2D eigenvalue weighted by atomic mass is 16.6. The Morgan fingerprint density at radius 3 is 2.70 bits per heavy atom. The predicted octanol–water partition coefficient (Wildman–Crippen LogP) is 2.69. The van der Waals surface area contributed by atoms with Crippen LogP contribution in [-0.2, 0) is 0 Å². The van der Waals surface area contributed by atoms with E-state index in [-0.39, 0.29) is 5.69 Å². The van der Waals surface area contributed by atoms with Gasteiger partial charge in [0.1, 0.15) is 6.33 Å². The summed E-state index contributed by atoms with van der Waals surface area (Å²) in [6.07, 6.45) is 3.20. The minimum Gasteiger partial charge on any atom is -0.364 e. The minimum absolute atomic E-state index is 0.0489. The number of aromatic nitrogens is 2. The number of nitrogens with one attached hydrogen (secondary N) is 1. The second-order valence-electron chi connectivity index (χ2n) is 5.18. The van der Waals surface area contributed by atoms with Gasteiger partial charge in [0.05, 0.1) is 4.92 Å². The van der Waals surface area contributed by atoms with Gasteiger partial charge >= 0.3 is 5.69 Å². The molecule has 1 heterocycles. The van der Waals surface area contributed by atoms with Gasteiger partial charge in [0.15, 0.2) is 0 Å². The van der Waals surface area contributed by atoms with Crippen LogP contribution in [0, 0.1) is 16.0 Å². The van der Waals surface area contributed by atoms with Gasteiger partial charge in [0, 0.05) is 20.1 Å². The van der Waals surface area contributed by atoms with Crippen molar-refractivity contribution < 1.29 is 4.92 Å². The Morgan fingerprint density at radius 2 is 2.15 bits per heavy atom. The smallest absolute Gasteiger partial charge is 0.353 e. The molecule has 1 aromatic heterocycles. The molecule has 112 valence electrons. The molecule has 0 amide bonds. The molecule has 0 aromatic carbocycles. The average Bonchev–Trinajstić information content (AvgIpc) is 2.41. The van der Waals surface area contributed by atoms with Gasteiger partial charge in [-0.15, -0.1) is 0 Å². The Hall–Kier alpha value is -1.92. The molecule has 0 atom stereocenters. The highest BCUT2D eigenvalue weighted by molar-refractivity contribution is 5.69. The van der Waals surface area contributed by atoms with Crippen LogP contribution in [0.25, 0.3) is 0 Å². The molecule has 0 bridgehead atoms. The predicted molar refractivity (Wildman–Crippen MR) is 80.2 cm³/mol. The third-order valence-electron chi connectivity index (χ3n) is 2.93. The van der Waals surface area contributed by atoms with Crippen molar-refractivity contribution in [1.82, 2.24) is 9.97 Å². The van der Waals surface area contributed by atoms with E-state index in [2.05, 4.69) is 29.1 Å². The Morgan fingerprint density at radius 1 is 1.45 bits per heavy atom. The summed E-state index contributed by atoms with van der Waals surface area (Å²) < 4.78 is 0. The number of nitro groups is 1. The number of nitrogens with zero attached hydrogens (tertiary/aromatic N) is 4. The van der Waals surface area contributed by atoms with Crippen LogP contribution in [-0.4, -0.2) is 35.0 Å². The topological polar surface area (TPSA) is 84.2 Å². The van der Waals surface area contributed by atoms with Crippen molar-refractivity contribution in [3.63, 3.8) is 0 Å². The summed E-state index contributed by atoms with van der Waals surface area (Å²) in [7, 11) is 1.82. The van der Waals surface area contributed by atoms with Crippen LogP contribution in [0.3, 0.4) is 0 Å². The van der Waals surface area contributed by atoms with E-state index < -0.39 is 4.92 Å². The average molecular weight is 281 g/mol. The number of anilines is 2. The maximum Gasteiger partial charge on any atom is 0.353 e. The molecule has 1 aromatic rings. The summed E-state index contributed by atoms with van der Waals surface area (Å²) in [5.41, 5.74) is -0.0489. The summed E-state index contributed by atoms with van der Waals surface area (Å²) >= 11 is 0. The first kappa shape index (κ1) is 16.1. The normalized spacial score (nSPS) is 10.7. The van der Waals surface area contributed by atoms with E-state index in [1.54, 1.807) is 0 Å². The highest BCUT2D eigenvalue weighted by Gasteiger charge is 2.25. The number of hydrogen-bond acceptors (Lipinski definition) is 6. The zero-order valence-electron chi connectivity index (χ0n) is 12.6. The molecule has 0 unspecified atom stereocenters. The molecule has 1 N–H and O–H groups in total. The highest BCUT2D eigenvalue weighted by Crippen LogP contribution is 2.31. The van der Waals surface area contributed by atoms with E-state index in [1.807, 2.05) is 18.9 Å². The second-order valence-corrected chi connectivity index (χ2v) is 5.18. The molecule has 0 aliphatic carbocycles. The molecule has 0 spiro atoms. The van der Waals surface area contributed by atoms with Gasteiger partial charge in [-0.3, -0.25) is 10.1 Å². The summed E-state index contributed by atoms with van der Waals surface area (Å²) in [6.45, 7) is 7.61. The van der Waals surface area contributed by atoms with Gasteiger partial charge in [-0.1, -0.05) is 20.8 Å². The van der Waals surface area contributed by atoms with Gasteiger partial charge < -0.3 is 10.2 Å². The van der Waals surface area contributed by atoms with Crippen molar-refractivity contribution in [3.8, 4) is 0 Å². The first-order valence-electron chi connectivity index (χ1n) is 6.91. The van der Waals surface area contributed by atoms with E-state index in [1.165, 1.54) is 6.33 Å². The third kappa shape index (κ3) is 4.32. The van der Waals surface area contributed by atoms with Gasteiger partial charge in [-0.25, -0.2) is 9.97 Å². The SMILES string of the molecule is CCCNc1ncnc(N(C)CCC(C)C)c1[N+](=O)[O-]. The van der Waals surface area contributed by atoms with Crippen molar-refractivity contribution in [3.05, 3.63) is 16.4 Å². The van der Waals surface area contributed by atoms with Crippen molar-refractivity contribution in [2.75, 3.05) is 30.4 Å². The fraction of sp³-hybridized carbons (Fsp3) is 0.692. The maximum atomic E-state index is 11.3. The van der Waals surface area contributed by atoms with E-state index in [0.29, 0.717) is 24.1 Å². The lowest BCUT2D eigenvalue weighted by molar-refractivity contribution is -0.383. The molecule has 7 heteroatoms. The molecule has 0 fully saturated rings. The van der Waals surface area contributed by atoms with Gasteiger partial charge in [-0.05, 0) is 18.8 Å². The van der Waals surface area contributed by atoms with Gasteiger partial charge in [-0.2, -0.15) is 0 Å². The van der Waals surface area contributed by atoms with Crippen LogP contribution in [0.2, 0.25) is 0 Å². The third-order valence-corrected chi connectivity index (χ3v) is 2.93. The lowest BCUT2D eigenvalue weighted by Gasteiger charge is -2.19. The molecule has 7 nitrogen and oxygen atoms in total. The molecule has 0 radical (unpaired) electrons. The zero-order valence-corrected chi connectivity index (χ0v) is 12.6. The van der Waals surface area contributed by atoms with Crippen molar-refractivity contribution in [1.29, 1.82) is 0 Å². The lowest BCUT2D eigenvalue weighted by Crippen LogP contribution is -2.23. The molecule has 0 aliphatic rings. The van der Waals surface area contributed by atoms with Crippen LogP contribution < -0.4 is 10.2 Å². The molecule has 0 saturated heterocycles. The summed E-state index contributed by atoms with van der Waals surface area (Å²) in [5.74, 6) is 1.19. The minimum atomic E-state index is -0.417. The summed E-state index contributed by atoms with van der Waals surface area (Å²) in [5, 5.41) is 14.3. The largest absolute Gasteiger partial charge is 0.364 e. The molecule has 1 rings (SSSR count). The Balaban J connectivity index is 3.02. The van der Waals surface area contributed by atoms with Crippen LogP contribution >= 0.6 is 0 Å². The summed E-state index contributed by atoms with van der Waals surface area (Å²) in [6, 6.07) is 0. The summed E-state index contributed by atoms with van der Waals surface area (Å²) in [4.78, 5) is 20.8. The Kier molecular flexibility index (Phi) is 6.14. The van der Waals surface area contributed by atoms with Crippen molar-refractivity contribution >= 4 is 17.3 Å². The lowest BCUT2D eigenvalue weighted by atomic mass is 10.1. The van der Waals surface area contributed by atoms with Gasteiger partial charge in [0.2, 0.25) is 11.6 Å².